The number of rotatable bonds is 7. The van der Waals surface area contributed by atoms with Gasteiger partial charge in [0.2, 0.25) is 0 Å². The van der Waals surface area contributed by atoms with Crippen molar-refractivity contribution in [1.82, 2.24) is 0 Å². The second-order valence-corrected chi connectivity index (χ2v) is 5.93. The molecule has 0 N–H and O–H groups in total. The molecule has 0 heterocycles. The van der Waals surface area contributed by atoms with Crippen LogP contribution in [-0.2, 0) is 24.2 Å². The topological polar surface area (TPSA) is 23.3 Å². The van der Waals surface area contributed by atoms with Crippen molar-refractivity contribution in [2.75, 3.05) is 19.7 Å². The van der Waals surface area contributed by atoms with Crippen molar-refractivity contribution in [3.63, 3.8) is 0 Å². The van der Waals surface area contributed by atoms with E-state index >= 15 is 0 Å². The Labute approximate surface area is 128 Å². The Morgan fingerprint density at radius 1 is 0.944 bits per heavy atom. The van der Waals surface area contributed by atoms with Crippen molar-refractivity contribution >= 4 is 0 Å². The molecule has 18 heavy (non-hydrogen) atoms. The Morgan fingerprint density at radius 3 is 1.83 bits per heavy atom. The smallest absolute Gasteiger partial charge is 0.662 e. The molecule has 0 aromatic carbocycles. The molecule has 0 aromatic rings. The van der Waals surface area contributed by atoms with Crippen LogP contribution in [0, 0.1) is 5.41 Å². The van der Waals surface area contributed by atoms with Crippen molar-refractivity contribution in [2.45, 2.75) is 73.8 Å². The average molecular weight is 346 g/mol. The summed E-state index contributed by atoms with van der Waals surface area (Å²) in [4.78, 5) is 0. The van der Waals surface area contributed by atoms with Crippen LogP contribution in [0.1, 0.15) is 68.2 Å². The second kappa shape index (κ2) is 12.6. The zero-order valence-electron chi connectivity index (χ0n) is 13.7. The zero-order chi connectivity index (χ0) is 13.9. The van der Waals surface area contributed by atoms with Crippen LogP contribution in [0.3, 0.4) is 0 Å². The van der Waals surface area contributed by atoms with Crippen molar-refractivity contribution in [3.8, 4) is 0 Å². The molecule has 0 atom stereocenters. The fourth-order valence-electron chi connectivity index (χ4n) is 1.21. The zero-order valence-corrected chi connectivity index (χ0v) is 15.5. The summed E-state index contributed by atoms with van der Waals surface area (Å²) in [6.07, 6.45) is 2.13. The van der Waals surface area contributed by atoms with Crippen LogP contribution in [0.25, 0.3) is 5.32 Å². The van der Waals surface area contributed by atoms with Crippen LogP contribution in [0.2, 0.25) is 0 Å². The van der Waals surface area contributed by atoms with Gasteiger partial charge in [-0.15, -0.1) is 6.54 Å². The molecule has 0 saturated carbocycles. The van der Waals surface area contributed by atoms with Gasteiger partial charge in [-0.05, 0) is 32.1 Å². The molecule has 0 aliphatic carbocycles. The van der Waals surface area contributed by atoms with E-state index in [1.807, 2.05) is 13.8 Å². The quantitative estimate of drug-likeness (QED) is 0.469. The molecule has 0 saturated heterocycles. The standard InChI is InChI=1S/C13H28NO.C2H6.Ru/c1-7-14-10-8-13(5,6)15-11-9-12(2,3)4;1-2;/h7-11H2,1-6H3;1-2H3;/q-1;;+1. The Hall–Kier alpha value is 0.543. The van der Waals surface area contributed by atoms with Crippen LogP contribution in [0.4, 0.5) is 0 Å². The Bertz CT molecular complexity index is 164. The van der Waals surface area contributed by atoms with Crippen LogP contribution in [0.15, 0.2) is 0 Å². The number of hydrogen-bond acceptors (Lipinski definition) is 1. The maximum absolute atomic E-state index is 5.89. The van der Waals surface area contributed by atoms with Crippen LogP contribution in [-0.4, -0.2) is 25.3 Å². The van der Waals surface area contributed by atoms with Crippen LogP contribution < -0.4 is 0 Å². The Balaban J connectivity index is -0.000000709. The van der Waals surface area contributed by atoms with Crippen molar-refractivity contribution in [3.05, 3.63) is 5.32 Å². The van der Waals surface area contributed by atoms with Crippen LogP contribution in [0.5, 0.6) is 0 Å². The van der Waals surface area contributed by atoms with Crippen molar-refractivity contribution in [2.24, 2.45) is 5.41 Å². The van der Waals surface area contributed by atoms with Gasteiger partial charge < -0.3 is 10.1 Å². The minimum atomic E-state index is -0.0239. The molecule has 0 fully saturated rings. The summed E-state index contributed by atoms with van der Waals surface area (Å²) in [5.74, 6) is 0. The molecule has 0 amide bonds. The third kappa shape index (κ3) is 18.9. The van der Waals surface area contributed by atoms with E-state index in [0.29, 0.717) is 5.41 Å². The molecular formula is C15H34NORu. The monoisotopic (exact) mass is 346 g/mol. The Kier molecular flexibility index (Phi) is 16.5. The fourth-order valence-corrected chi connectivity index (χ4v) is 1.21. The molecule has 0 aliphatic heterocycles. The molecular weight excluding hydrogens is 311 g/mol. The van der Waals surface area contributed by atoms with Gasteiger partial charge >= 0.3 is 19.5 Å². The van der Waals surface area contributed by atoms with Gasteiger partial charge in [-0.25, -0.2) is 0 Å². The van der Waals surface area contributed by atoms with E-state index < -0.39 is 0 Å². The van der Waals surface area contributed by atoms with E-state index in [1.165, 1.54) is 0 Å². The molecule has 0 spiro atoms. The number of ether oxygens (including phenoxy) is 1. The minimum Gasteiger partial charge on any atom is -0.662 e. The first-order chi connectivity index (χ1) is 7.77. The van der Waals surface area contributed by atoms with E-state index in [1.54, 1.807) is 0 Å². The van der Waals surface area contributed by atoms with Gasteiger partial charge in [-0.1, -0.05) is 41.5 Å². The third-order valence-electron chi connectivity index (χ3n) is 2.44. The fraction of sp³-hybridized carbons (Fsp3) is 1.00. The van der Waals surface area contributed by atoms with E-state index in [2.05, 4.69) is 46.9 Å². The summed E-state index contributed by atoms with van der Waals surface area (Å²) in [6.45, 7) is 19.8. The maximum Gasteiger partial charge on any atom is 1.00 e. The van der Waals surface area contributed by atoms with Crippen LogP contribution >= 0.6 is 0 Å². The predicted molar refractivity (Wildman–Crippen MR) is 78.8 cm³/mol. The molecule has 0 bridgehead atoms. The molecule has 1 radical (unpaired) electrons. The first-order valence-corrected chi connectivity index (χ1v) is 7.04. The summed E-state index contributed by atoms with van der Waals surface area (Å²) < 4.78 is 5.89. The average Bonchev–Trinajstić information content (AvgIpc) is 2.18. The normalized spacial score (nSPS) is 11.3. The molecule has 0 rings (SSSR count). The summed E-state index contributed by atoms with van der Waals surface area (Å²) >= 11 is 0. The van der Waals surface area contributed by atoms with Gasteiger partial charge in [0.1, 0.15) is 0 Å². The van der Waals surface area contributed by atoms with E-state index in [9.17, 15) is 0 Å². The second-order valence-electron chi connectivity index (χ2n) is 5.93. The molecule has 2 nitrogen and oxygen atoms in total. The molecule has 0 aliphatic rings. The summed E-state index contributed by atoms with van der Waals surface area (Å²) in [7, 11) is 0. The first-order valence-electron chi connectivity index (χ1n) is 7.04. The summed E-state index contributed by atoms with van der Waals surface area (Å²) in [5.41, 5.74) is 0.341. The minimum absolute atomic E-state index is 0. The van der Waals surface area contributed by atoms with Crippen molar-refractivity contribution in [1.29, 1.82) is 0 Å². The molecule has 0 aromatic heterocycles. The molecule has 113 valence electrons. The van der Waals surface area contributed by atoms with Gasteiger partial charge in [-0.2, -0.15) is 6.54 Å². The molecule has 0 unspecified atom stereocenters. The first kappa shape index (κ1) is 23.6. The van der Waals surface area contributed by atoms with Gasteiger partial charge in [0.25, 0.3) is 0 Å². The Morgan fingerprint density at radius 2 is 1.44 bits per heavy atom. The van der Waals surface area contributed by atoms with Gasteiger partial charge in [0, 0.05) is 6.61 Å². The summed E-state index contributed by atoms with van der Waals surface area (Å²) in [6, 6.07) is 0. The number of hydrogen-bond donors (Lipinski definition) is 0. The predicted octanol–water partition coefficient (Wildman–Crippen LogP) is 5.03. The van der Waals surface area contributed by atoms with Gasteiger partial charge in [0.15, 0.2) is 0 Å². The van der Waals surface area contributed by atoms with E-state index in [-0.39, 0.29) is 25.1 Å². The largest absolute Gasteiger partial charge is 1.00 e. The number of nitrogens with zero attached hydrogens (tertiary/aromatic N) is 1. The van der Waals surface area contributed by atoms with E-state index in [4.69, 9.17) is 4.74 Å². The van der Waals surface area contributed by atoms with Gasteiger partial charge in [-0.3, -0.25) is 0 Å². The third-order valence-corrected chi connectivity index (χ3v) is 2.44. The maximum atomic E-state index is 5.89. The summed E-state index contributed by atoms with van der Waals surface area (Å²) in [5, 5.41) is 4.33. The van der Waals surface area contributed by atoms with E-state index in [0.717, 1.165) is 32.5 Å². The SMILES string of the molecule is CC.CC[N-]CCC(C)(C)OCCC(C)(C)C.[Ru+]. The van der Waals surface area contributed by atoms with Gasteiger partial charge in [0.05, 0.1) is 5.60 Å². The molecule has 3 heteroatoms. The van der Waals surface area contributed by atoms with Crippen molar-refractivity contribution < 1.29 is 24.2 Å².